The third-order valence-electron chi connectivity index (χ3n) is 5.31. The lowest BCUT2D eigenvalue weighted by Crippen LogP contribution is -2.53. The van der Waals surface area contributed by atoms with Gasteiger partial charge in [-0.1, -0.05) is 42.7 Å². The number of nitrogens with one attached hydrogen (secondary N) is 1. The van der Waals surface area contributed by atoms with Gasteiger partial charge in [-0.15, -0.1) is 0 Å². The molecule has 1 aromatic carbocycles. The number of aryl methyl sites for hydroxylation is 1. The summed E-state index contributed by atoms with van der Waals surface area (Å²) in [5, 5.41) is 3.49. The standard InChI is InChI=1S/C20H31N3O/c1-16-7-9-18(10-8-16)19(23-14-11-21-17(2)15-23)20(24)22-12-5-3-4-6-13-22/h7-10,17,19,21H,3-6,11-15H2,1-2H3. The number of carbonyl (C=O) groups is 1. The number of amides is 1. The predicted molar refractivity (Wildman–Crippen MR) is 98.0 cm³/mol. The van der Waals surface area contributed by atoms with Gasteiger partial charge in [-0.05, 0) is 32.3 Å². The van der Waals surface area contributed by atoms with E-state index in [0.29, 0.717) is 11.9 Å². The molecule has 1 amide bonds. The second kappa shape index (κ2) is 8.13. The smallest absolute Gasteiger partial charge is 0.244 e. The molecule has 2 heterocycles. The number of hydrogen-bond acceptors (Lipinski definition) is 3. The highest BCUT2D eigenvalue weighted by Crippen LogP contribution is 2.26. The van der Waals surface area contributed by atoms with Crippen LogP contribution < -0.4 is 5.32 Å². The van der Waals surface area contributed by atoms with Gasteiger partial charge in [0.25, 0.3) is 0 Å². The summed E-state index contributed by atoms with van der Waals surface area (Å²) in [4.78, 5) is 17.9. The first-order valence-electron chi connectivity index (χ1n) is 9.48. The van der Waals surface area contributed by atoms with E-state index in [2.05, 4.69) is 53.2 Å². The van der Waals surface area contributed by atoms with Crippen molar-refractivity contribution in [2.45, 2.75) is 51.6 Å². The molecule has 24 heavy (non-hydrogen) atoms. The summed E-state index contributed by atoms with van der Waals surface area (Å²) in [7, 11) is 0. The third-order valence-corrected chi connectivity index (χ3v) is 5.31. The van der Waals surface area contributed by atoms with Gasteiger partial charge in [0.2, 0.25) is 5.91 Å². The molecular weight excluding hydrogens is 298 g/mol. The molecule has 3 rings (SSSR count). The van der Waals surface area contributed by atoms with Gasteiger partial charge in [0.15, 0.2) is 0 Å². The van der Waals surface area contributed by atoms with Crippen molar-refractivity contribution in [2.24, 2.45) is 0 Å². The molecule has 0 aromatic heterocycles. The predicted octanol–water partition coefficient (Wildman–Crippen LogP) is 2.73. The summed E-state index contributed by atoms with van der Waals surface area (Å²) >= 11 is 0. The zero-order chi connectivity index (χ0) is 16.9. The Labute approximate surface area is 146 Å². The van der Waals surface area contributed by atoms with Crippen molar-refractivity contribution in [2.75, 3.05) is 32.7 Å². The summed E-state index contributed by atoms with van der Waals surface area (Å²) in [6.07, 6.45) is 4.79. The van der Waals surface area contributed by atoms with Gasteiger partial charge in [-0.25, -0.2) is 0 Å². The molecule has 0 spiro atoms. The molecule has 4 heteroatoms. The Morgan fingerprint density at radius 1 is 1.08 bits per heavy atom. The molecule has 1 N–H and O–H groups in total. The van der Waals surface area contributed by atoms with E-state index >= 15 is 0 Å². The second-order valence-electron chi connectivity index (χ2n) is 7.40. The van der Waals surface area contributed by atoms with Crippen LogP contribution in [-0.2, 0) is 4.79 Å². The minimum Gasteiger partial charge on any atom is -0.341 e. The van der Waals surface area contributed by atoms with Crippen LogP contribution in [0.4, 0.5) is 0 Å². The highest BCUT2D eigenvalue weighted by Gasteiger charge is 2.33. The zero-order valence-corrected chi connectivity index (χ0v) is 15.1. The van der Waals surface area contributed by atoms with Gasteiger partial charge in [0.05, 0.1) is 0 Å². The van der Waals surface area contributed by atoms with Gasteiger partial charge in [0, 0.05) is 38.8 Å². The number of piperazine rings is 1. The molecule has 0 radical (unpaired) electrons. The Hall–Kier alpha value is -1.39. The topological polar surface area (TPSA) is 35.6 Å². The van der Waals surface area contributed by atoms with Crippen LogP contribution >= 0.6 is 0 Å². The molecule has 2 saturated heterocycles. The number of carbonyl (C=O) groups excluding carboxylic acids is 1. The molecule has 0 bridgehead atoms. The van der Waals surface area contributed by atoms with Crippen molar-refractivity contribution in [3.8, 4) is 0 Å². The van der Waals surface area contributed by atoms with E-state index in [0.717, 1.165) is 51.1 Å². The van der Waals surface area contributed by atoms with Crippen molar-refractivity contribution >= 4 is 5.91 Å². The van der Waals surface area contributed by atoms with Crippen LogP contribution in [0.15, 0.2) is 24.3 Å². The molecule has 2 unspecified atom stereocenters. The maximum atomic E-state index is 13.4. The molecule has 2 aliphatic rings. The molecule has 2 fully saturated rings. The summed E-state index contributed by atoms with van der Waals surface area (Å²) in [6.45, 7) is 8.96. The molecule has 2 atom stereocenters. The quantitative estimate of drug-likeness (QED) is 0.926. The average molecular weight is 329 g/mol. The average Bonchev–Trinajstić information content (AvgIpc) is 2.86. The zero-order valence-electron chi connectivity index (χ0n) is 15.1. The number of benzene rings is 1. The molecule has 0 aliphatic carbocycles. The van der Waals surface area contributed by atoms with Gasteiger partial charge in [-0.2, -0.15) is 0 Å². The number of hydrogen-bond donors (Lipinski definition) is 1. The Morgan fingerprint density at radius 3 is 2.38 bits per heavy atom. The van der Waals surface area contributed by atoms with E-state index in [4.69, 9.17) is 0 Å². The van der Waals surface area contributed by atoms with Gasteiger partial charge in [0.1, 0.15) is 6.04 Å². The van der Waals surface area contributed by atoms with E-state index in [-0.39, 0.29) is 6.04 Å². The van der Waals surface area contributed by atoms with Gasteiger partial charge < -0.3 is 10.2 Å². The third kappa shape index (κ3) is 4.17. The first-order chi connectivity index (χ1) is 11.6. The fraction of sp³-hybridized carbons (Fsp3) is 0.650. The van der Waals surface area contributed by atoms with E-state index in [1.54, 1.807) is 0 Å². The molecule has 4 nitrogen and oxygen atoms in total. The first-order valence-corrected chi connectivity index (χ1v) is 9.48. The van der Waals surface area contributed by atoms with Gasteiger partial charge >= 0.3 is 0 Å². The lowest BCUT2D eigenvalue weighted by Gasteiger charge is -2.39. The number of likely N-dealkylation sites (tertiary alicyclic amines) is 1. The number of rotatable bonds is 3. The van der Waals surface area contributed by atoms with E-state index in [1.807, 2.05) is 0 Å². The lowest BCUT2D eigenvalue weighted by molar-refractivity contribution is -0.137. The maximum absolute atomic E-state index is 13.4. The van der Waals surface area contributed by atoms with Crippen molar-refractivity contribution in [3.63, 3.8) is 0 Å². The van der Waals surface area contributed by atoms with E-state index in [1.165, 1.54) is 18.4 Å². The van der Waals surface area contributed by atoms with Crippen LogP contribution in [-0.4, -0.2) is 54.5 Å². The summed E-state index contributed by atoms with van der Waals surface area (Å²) < 4.78 is 0. The van der Waals surface area contributed by atoms with Crippen molar-refractivity contribution in [1.29, 1.82) is 0 Å². The van der Waals surface area contributed by atoms with Crippen molar-refractivity contribution < 1.29 is 4.79 Å². The molecule has 1 aromatic rings. The molecule has 132 valence electrons. The maximum Gasteiger partial charge on any atom is 0.244 e. The van der Waals surface area contributed by atoms with Crippen LogP contribution in [0.2, 0.25) is 0 Å². The lowest BCUT2D eigenvalue weighted by atomic mass is 10.0. The Balaban J connectivity index is 1.85. The summed E-state index contributed by atoms with van der Waals surface area (Å²) in [5.41, 5.74) is 2.39. The monoisotopic (exact) mass is 329 g/mol. The van der Waals surface area contributed by atoms with Crippen LogP contribution in [0.3, 0.4) is 0 Å². The normalized spacial score (nSPS) is 24.4. The fourth-order valence-electron chi connectivity index (χ4n) is 3.92. The van der Waals surface area contributed by atoms with Crippen LogP contribution in [0, 0.1) is 6.92 Å². The fourth-order valence-corrected chi connectivity index (χ4v) is 3.92. The Bertz CT molecular complexity index is 534. The minimum atomic E-state index is -0.131. The van der Waals surface area contributed by atoms with Crippen LogP contribution in [0.5, 0.6) is 0 Å². The Morgan fingerprint density at radius 2 is 1.75 bits per heavy atom. The highest BCUT2D eigenvalue weighted by atomic mass is 16.2. The molecule has 0 saturated carbocycles. The van der Waals surface area contributed by atoms with E-state index < -0.39 is 0 Å². The highest BCUT2D eigenvalue weighted by molar-refractivity contribution is 5.83. The van der Waals surface area contributed by atoms with Crippen molar-refractivity contribution in [3.05, 3.63) is 35.4 Å². The van der Waals surface area contributed by atoms with Gasteiger partial charge in [-0.3, -0.25) is 9.69 Å². The SMILES string of the molecule is Cc1ccc(C(C(=O)N2CCCCCC2)N2CCNC(C)C2)cc1. The summed E-state index contributed by atoms with van der Waals surface area (Å²) in [5.74, 6) is 0.301. The first kappa shape index (κ1) is 17.4. The second-order valence-corrected chi connectivity index (χ2v) is 7.40. The van der Waals surface area contributed by atoms with Crippen LogP contribution in [0.25, 0.3) is 0 Å². The van der Waals surface area contributed by atoms with Crippen molar-refractivity contribution in [1.82, 2.24) is 15.1 Å². The minimum absolute atomic E-state index is 0.131. The largest absolute Gasteiger partial charge is 0.341 e. The Kier molecular flexibility index (Phi) is 5.90. The number of nitrogens with zero attached hydrogens (tertiary/aromatic N) is 2. The summed E-state index contributed by atoms with van der Waals surface area (Å²) in [6, 6.07) is 8.84. The molecular formula is C20H31N3O. The van der Waals surface area contributed by atoms with E-state index in [9.17, 15) is 4.79 Å². The molecule has 2 aliphatic heterocycles. The van der Waals surface area contributed by atoms with Crippen LogP contribution in [0.1, 0.15) is 49.8 Å².